The maximum atomic E-state index is 9.32. The molecule has 0 aliphatic carbocycles. The molecule has 0 amide bonds. The predicted molar refractivity (Wildman–Crippen MR) is 90.3 cm³/mol. The van der Waals surface area contributed by atoms with E-state index in [1.807, 2.05) is 24.3 Å². The lowest BCUT2D eigenvalue weighted by atomic mass is 10.1. The molecule has 0 aliphatic rings. The van der Waals surface area contributed by atoms with Crippen molar-refractivity contribution >= 4 is 60.7 Å². The van der Waals surface area contributed by atoms with E-state index in [4.69, 9.17) is 23.2 Å². The Kier molecular flexibility index (Phi) is 5.34. The third kappa shape index (κ3) is 3.67. The van der Waals surface area contributed by atoms with E-state index in [1.165, 1.54) is 0 Å². The van der Waals surface area contributed by atoms with Gasteiger partial charge in [-0.2, -0.15) is 5.26 Å². The second kappa shape index (κ2) is 6.82. The van der Waals surface area contributed by atoms with Crippen molar-refractivity contribution in [3.05, 3.63) is 61.0 Å². The number of nitrogens with zero attached hydrogens (tertiary/aromatic N) is 1. The van der Waals surface area contributed by atoms with Crippen LogP contribution in [0.25, 0.3) is 0 Å². The molecule has 1 unspecified atom stereocenters. The van der Waals surface area contributed by atoms with Crippen molar-refractivity contribution in [3.63, 3.8) is 0 Å². The topological polar surface area (TPSA) is 35.8 Å². The second-order valence-electron chi connectivity index (χ2n) is 4.01. The molecule has 0 radical (unpaired) electrons. The molecule has 2 aromatic carbocycles. The molecule has 6 heteroatoms. The molecule has 1 N–H and O–H groups in total. The van der Waals surface area contributed by atoms with Gasteiger partial charge < -0.3 is 5.32 Å². The largest absolute Gasteiger partial charge is 0.366 e. The molecule has 2 nitrogen and oxygen atoms in total. The molecule has 0 heterocycles. The molecule has 0 aromatic heterocycles. The molecule has 0 saturated carbocycles. The minimum atomic E-state index is -0.492. The second-order valence-corrected chi connectivity index (χ2v) is 6.53. The number of nitriles is 1. The fourth-order valence-electron chi connectivity index (χ4n) is 1.63. The van der Waals surface area contributed by atoms with Crippen LogP contribution >= 0.6 is 55.1 Å². The summed E-state index contributed by atoms with van der Waals surface area (Å²) in [7, 11) is 0. The summed E-state index contributed by atoms with van der Waals surface area (Å²) in [4.78, 5) is 0. The molecule has 0 aliphatic heterocycles. The molecule has 2 rings (SSSR count). The summed E-state index contributed by atoms with van der Waals surface area (Å²) < 4.78 is 1.57. The van der Waals surface area contributed by atoms with Gasteiger partial charge in [-0.1, -0.05) is 29.3 Å². The molecule has 2 aromatic rings. The van der Waals surface area contributed by atoms with Crippen LogP contribution < -0.4 is 5.32 Å². The molecular weight excluding hydrogens is 427 g/mol. The van der Waals surface area contributed by atoms with Gasteiger partial charge in [-0.3, -0.25) is 0 Å². The number of nitrogens with one attached hydrogen (secondary N) is 1. The van der Waals surface area contributed by atoms with Gasteiger partial charge >= 0.3 is 0 Å². The third-order valence-corrected chi connectivity index (χ3v) is 5.08. The van der Waals surface area contributed by atoms with Gasteiger partial charge in [-0.15, -0.1) is 0 Å². The van der Waals surface area contributed by atoms with Crippen LogP contribution in [0.4, 0.5) is 5.69 Å². The first-order chi connectivity index (χ1) is 9.51. The standard InChI is InChI=1S/C14H8Br2Cl2N2/c15-10-3-1-8(5-13(10)18)14(7-19)20-9-2-4-12(17)11(16)6-9/h1-6,14,20H. The van der Waals surface area contributed by atoms with E-state index in [1.54, 1.807) is 12.1 Å². The van der Waals surface area contributed by atoms with Crippen molar-refractivity contribution in [2.24, 2.45) is 0 Å². The maximum Gasteiger partial charge on any atom is 0.140 e. The third-order valence-electron chi connectivity index (χ3n) is 2.64. The smallest absolute Gasteiger partial charge is 0.140 e. The van der Waals surface area contributed by atoms with Gasteiger partial charge in [0, 0.05) is 14.6 Å². The summed E-state index contributed by atoms with van der Waals surface area (Å²) in [6.45, 7) is 0. The summed E-state index contributed by atoms with van der Waals surface area (Å²) in [5.41, 5.74) is 1.60. The van der Waals surface area contributed by atoms with Crippen LogP contribution in [-0.2, 0) is 0 Å². The summed E-state index contributed by atoms with van der Waals surface area (Å²) in [6, 6.07) is 12.6. The van der Waals surface area contributed by atoms with Gasteiger partial charge in [-0.25, -0.2) is 0 Å². The van der Waals surface area contributed by atoms with Gasteiger partial charge in [0.1, 0.15) is 6.04 Å². The highest BCUT2D eigenvalue weighted by Crippen LogP contribution is 2.30. The Morgan fingerprint density at radius 2 is 1.75 bits per heavy atom. The van der Waals surface area contributed by atoms with Gasteiger partial charge in [0.25, 0.3) is 0 Å². The van der Waals surface area contributed by atoms with Crippen molar-refractivity contribution in [1.82, 2.24) is 0 Å². The first kappa shape index (κ1) is 15.7. The number of halogens is 4. The van der Waals surface area contributed by atoms with Gasteiger partial charge in [0.2, 0.25) is 0 Å². The van der Waals surface area contributed by atoms with E-state index >= 15 is 0 Å². The first-order valence-electron chi connectivity index (χ1n) is 5.57. The predicted octanol–water partition coefficient (Wildman–Crippen LogP) is 6.20. The van der Waals surface area contributed by atoms with Crippen molar-refractivity contribution in [2.75, 3.05) is 5.32 Å². The lowest BCUT2D eigenvalue weighted by Gasteiger charge is -2.14. The molecule has 0 spiro atoms. The summed E-state index contributed by atoms with van der Waals surface area (Å²) in [6.07, 6.45) is 0. The Bertz CT molecular complexity index is 683. The SMILES string of the molecule is N#CC(Nc1ccc(Cl)c(Br)c1)c1ccc(Br)c(Cl)c1. The number of benzene rings is 2. The lowest BCUT2D eigenvalue weighted by Crippen LogP contribution is -2.08. The first-order valence-corrected chi connectivity index (χ1v) is 7.91. The summed E-state index contributed by atoms with van der Waals surface area (Å²) >= 11 is 18.7. The Morgan fingerprint density at radius 3 is 2.35 bits per heavy atom. The van der Waals surface area contributed by atoms with Crippen molar-refractivity contribution in [1.29, 1.82) is 5.26 Å². The molecule has 0 bridgehead atoms. The van der Waals surface area contributed by atoms with Crippen molar-refractivity contribution in [3.8, 4) is 6.07 Å². The summed E-state index contributed by atoms with van der Waals surface area (Å²) in [5.74, 6) is 0. The van der Waals surface area contributed by atoms with E-state index in [-0.39, 0.29) is 0 Å². The maximum absolute atomic E-state index is 9.32. The zero-order valence-corrected chi connectivity index (χ0v) is 14.7. The molecule has 0 fully saturated rings. The zero-order chi connectivity index (χ0) is 14.7. The van der Waals surface area contributed by atoms with Crippen LogP contribution in [0.2, 0.25) is 10.0 Å². The van der Waals surface area contributed by atoms with Crippen LogP contribution in [0.3, 0.4) is 0 Å². The quantitative estimate of drug-likeness (QED) is 0.624. The molecular formula is C14H8Br2Cl2N2. The van der Waals surface area contributed by atoms with Crippen molar-refractivity contribution < 1.29 is 0 Å². The molecule has 0 saturated heterocycles. The van der Waals surface area contributed by atoms with Crippen LogP contribution in [0.5, 0.6) is 0 Å². The van der Waals surface area contributed by atoms with E-state index in [0.717, 1.165) is 20.2 Å². The van der Waals surface area contributed by atoms with Gasteiger partial charge in [-0.05, 0) is 67.8 Å². The summed E-state index contributed by atoms with van der Waals surface area (Å²) in [5, 5.41) is 13.6. The van der Waals surface area contributed by atoms with E-state index in [2.05, 4.69) is 43.2 Å². The minimum Gasteiger partial charge on any atom is -0.366 e. The van der Waals surface area contributed by atoms with Crippen LogP contribution in [-0.4, -0.2) is 0 Å². The Hall–Kier alpha value is -0.730. The monoisotopic (exact) mass is 432 g/mol. The normalized spacial score (nSPS) is 11.8. The highest BCUT2D eigenvalue weighted by Gasteiger charge is 2.12. The number of hydrogen-bond acceptors (Lipinski definition) is 2. The fraction of sp³-hybridized carbons (Fsp3) is 0.0714. The molecule has 1 atom stereocenters. The van der Waals surface area contributed by atoms with Gasteiger partial charge in [0.05, 0.1) is 16.1 Å². The minimum absolute atomic E-state index is 0.492. The molecule has 102 valence electrons. The van der Waals surface area contributed by atoms with Crippen LogP contribution in [0, 0.1) is 11.3 Å². The Morgan fingerprint density at radius 1 is 1.00 bits per heavy atom. The zero-order valence-electron chi connectivity index (χ0n) is 10.0. The van der Waals surface area contributed by atoms with E-state index in [9.17, 15) is 5.26 Å². The Labute approximate surface area is 144 Å². The number of rotatable bonds is 3. The number of anilines is 1. The highest BCUT2D eigenvalue weighted by molar-refractivity contribution is 9.10. The average Bonchev–Trinajstić information content (AvgIpc) is 2.43. The Balaban J connectivity index is 2.26. The van der Waals surface area contributed by atoms with Crippen molar-refractivity contribution in [2.45, 2.75) is 6.04 Å². The number of hydrogen-bond donors (Lipinski definition) is 1. The van der Waals surface area contributed by atoms with Crippen LogP contribution in [0.1, 0.15) is 11.6 Å². The molecule has 20 heavy (non-hydrogen) atoms. The van der Waals surface area contributed by atoms with Crippen LogP contribution in [0.15, 0.2) is 45.3 Å². The van der Waals surface area contributed by atoms with Gasteiger partial charge in [0.15, 0.2) is 0 Å². The average molecular weight is 435 g/mol. The lowest BCUT2D eigenvalue weighted by molar-refractivity contribution is 0.997. The van der Waals surface area contributed by atoms with E-state index < -0.39 is 6.04 Å². The fourth-order valence-corrected chi connectivity index (χ4v) is 2.57. The highest BCUT2D eigenvalue weighted by atomic mass is 79.9. The van der Waals surface area contributed by atoms with E-state index in [0.29, 0.717) is 10.0 Å².